The van der Waals surface area contributed by atoms with Crippen molar-refractivity contribution < 1.29 is 9.32 Å². The van der Waals surface area contributed by atoms with E-state index in [2.05, 4.69) is 15.8 Å². The van der Waals surface area contributed by atoms with E-state index in [4.69, 9.17) is 4.52 Å². The van der Waals surface area contributed by atoms with Crippen molar-refractivity contribution in [3.63, 3.8) is 0 Å². The highest BCUT2D eigenvalue weighted by Crippen LogP contribution is 2.16. The molecule has 2 N–H and O–H groups in total. The van der Waals surface area contributed by atoms with E-state index in [1.54, 1.807) is 26.1 Å². The quantitative estimate of drug-likeness (QED) is 0.850. The summed E-state index contributed by atoms with van der Waals surface area (Å²) in [5, 5.41) is 9.34. The van der Waals surface area contributed by atoms with Crippen LogP contribution in [0, 0.1) is 6.92 Å². The Labute approximate surface area is 98.8 Å². The van der Waals surface area contributed by atoms with Crippen LogP contribution in [0.25, 0.3) is 0 Å². The van der Waals surface area contributed by atoms with E-state index in [0.717, 1.165) is 5.69 Å². The number of nitrogens with one attached hydrogen (secondary N) is 2. The third kappa shape index (κ3) is 2.44. The number of hydrogen-bond donors (Lipinski definition) is 2. The predicted octanol–water partition coefficient (Wildman–Crippen LogP) is 2.28. The van der Waals surface area contributed by atoms with Gasteiger partial charge in [0.1, 0.15) is 5.76 Å². The minimum atomic E-state index is -0.219. The molecule has 1 aromatic carbocycles. The molecule has 0 spiro atoms. The van der Waals surface area contributed by atoms with Crippen LogP contribution in [-0.2, 0) is 0 Å². The SMILES string of the molecule is CNc1ccccc1C(=O)Nc1cc(C)on1. The van der Waals surface area contributed by atoms with Crippen LogP contribution in [0.15, 0.2) is 34.9 Å². The van der Waals surface area contributed by atoms with E-state index < -0.39 is 0 Å². The largest absolute Gasteiger partial charge is 0.387 e. The number of nitrogens with zero attached hydrogens (tertiary/aromatic N) is 1. The monoisotopic (exact) mass is 231 g/mol. The number of aromatic nitrogens is 1. The molecule has 88 valence electrons. The molecule has 0 fully saturated rings. The molecule has 17 heavy (non-hydrogen) atoms. The van der Waals surface area contributed by atoms with Gasteiger partial charge in [0.05, 0.1) is 5.56 Å². The maximum Gasteiger partial charge on any atom is 0.259 e. The lowest BCUT2D eigenvalue weighted by molar-refractivity contribution is 0.102. The van der Waals surface area contributed by atoms with Crippen LogP contribution in [0.5, 0.6) is 0 Å². The summed E-state index contributed by atoms with van der Waals surface area (Å²) in [5.41, 5.74) is 1.33. The van der Waals surface area contributed by atoms with Gasteiger partial charge in [-0.15, -0.1) is 0 Å². The van der Waals surface area contributed by atoms with Crippen LogP contribution in [0.4, 0.5) is 11.5 Å². The molecule has 0 atom stereocenters. The number of carbonyl (C=O) groups excluding carboxylic acids is 1. The van der Waals surface area contributed by atoms with E-state index in [1.165, 1.54) is 0 Å². The second-order valence-electron chi connectivity index (χ2n) is 3.57. The molecule has 0 radical (unpaired) electrons. The zero-order valence-electron chi connectivity index (χ0n) is 9.65. The molecule has 2 aromatic rings. The second kappa shape index (κ2) is 4.69. The molecule has 1 heterocycles. The van der Waals surface area contributed by atoms with Crippen LogP contribution < -0.4 is 10.6 Å². The molecule has 1 amide bonds. The Kier molecular flexibility index (Phi) is 3.09. The number of benzene rings is 1. The van der Waals surface area contributed by atoms with Gasteiger partial charge in [-0.1, -0.05) is 17.3 Å². The number of para-hydroxylation sites is 1. The first-order valence-electron chi connectivity index (χ1n) is 5.22. The summed E-state index contributed by atoms with van der Waals surface area (Å²) in [4.78, 5) is 12.0. The smallest absolute Gasteiger partial charge is 0.259 e. The molecule has 0 unspecified atom stereocenters. The molecule has 5 heteroatoms. The van der Waals surface area contributed by atoms with Crippen LogP contribution in [0.1, 0.15) is 16.1 Å². The van der Waals surface area contributed by atoms with Gasteiger partial charge in [-0.25, -0.2) is 0 Å². The van der Waals surface area contributed by atoms with Crippen molar-refractivity contribution >= 4 is 17.4 Å². The average Bonchev–Trinajstić information content (AvgIpc) is 2.74. The van der Waals surface area contributed by atoms with Gasteiger partial charge in [0.15, 0.2) is 5.82 Å². The third-order valence-corrected chi connectivity index (χ3v) is 2.31. The van der Waals surface area contributed by atoms with Gasteiger partial charge < -0.3 is 15.2 Å². The van der Waals surface area contributed by atoms with Gasteiger partial charge in [-0.2, -0.15) is 0 Å². The summed E-state index contributed by atoms with van der Waals surface area (Å²) in [6, 6.07) is 8.92. The van der Waals surface area contributed by atoms with Crippen molar-refractivity contribution in [1.82, 2.24) is 5.16 Å². The Hall–Kier alpha value is -2.30. The molecule has 0 aliphatic rings. The topological polar surface area (TPSA) is 67.2 Å². The van der Waals surface area contributed by atoms with Gasteiger partial charge in [0.25, 0.3) is 5.91 Å². The number of hydrogen-bond acceptors (Lipinski definition) is 4. The fourth-order valence-electron chi connectivity index (χ4n) is 1.51. The van der Waals surface area contributed by atoms with Gasteiger partial charge in [-0.05, 0) is 19.1 Å². The van der Waals surface area contributed by atoms with Gasteiger partial charge >= 0.3 is 0 Å². The molecule has 0 aliphatic carbocycles. The summed E-state index contributed by atoms with van der Waals surface area (Å²) in [6.07, 6.45) is 0. The Balaban J connectivity index is 2.20. The average molecular weight is 231 g/mol. The first-order chi connectivity index (χ1) is 8.20. The zero-order valence-corrected chi connectivity index (χ0v) is 9.65. The van der Waals surface area contributed by atoms with Crippen molar-refractivity contribution in [3.05, 3.63) is 41.7 Å². The molecule has 5 nitrogen and oxygen atoms in total. The minimum Gasteiger partial charge on any atom is -0.387 e. The summed E-state index contributed by atoms with van der Waals surface area (Å²) in [6.45, 7) is 1.77. The van der Waals surface area contributed by atoms with Crippen LogP contribution in [0.3, 0.4) is 0 Å². The molecule has 0 saturated carbocycles. The summed E-state index contributed by atoms with van der Waals surface area (Å²) in [7, 11) is 1.77. The number of anilines is 2. The molecular weight excluding hydrogens is 218 g/mol. The molecule has 0 saturated heterocycles. The van der Waals surface area contributed by atoms with Crippen molar-refractivity contribution in [2.24, 2.45) is 0 Å². The van der Waals surface area contributed by atoms with Crippen molar-refractivity contribution in [3.8, 4) is 0 Å². The Morgan fingerprint density at radius 2 is 2.12 bits per heavy atom. The fraction of sp³-hybridized carbons (Fsp3) is 0.167. The Morgan fingerprint density at radius 1 is 1.35 bits per heavy atom. The van der Waals surface area contributed by atoms with E-state index in [1.807, 2.05) is 18.2 Å². The maximum atomic E-state index is 12.0. The number of carbonyl (C=O) groups is 1. The Morgan fingerprint density at radius 3 is 2.76 bits per heavy atom. The van der Waals surface area contributed by atoms with E-state index in [9.17, 15) is 4.79 Å². The van der Waals surface area contributed by atoms with Crippen LogP contribution in [0.2, 0.25) is 0 Å². The zero-order chi connectivity index (χ0) is 12.3. The second-order valence-corrected chi connectivity index (χ2v) is 3.57. The lowest BCUT2D eigenvalue weighted by Crippen LogP contribution is -2.14. The lowest BCUT2D eigenvalue weighted by atomic mass is 10.1. The standard InChI is InChI=1S/C12H13N3O2/c1-8-7-11(15-17-8)14-12(16)9-5-3-4-6-10(9)13-2/h3-7,13H,1-2H3,(H,14,15,16). The molecule has 0 aliphatic heterocycles. The number of aryl methyl sites for hydroxylation is 1. The predicted molar refractivity (Wildman–Crippen MR) is 65.2 cm³/mol. The third-order valence-electron chi connectivity index (χ3n) is 2.31. The van der Waals surface area contributed by atoms with Gasteiger partial charge in [-0.3, -0.25) is 4.79 Å². The Bertz CT molecular complexity index is 534. The molecular formula is C12H13N3O2. The number of rotatable bonds is 3. The first-order valence-corrected chi connectivity index (χ1v) is 5.22. The number of amides is 1. The van der Waals surface area contributed by atoms with Crippen LogP contribution in [-0.4, -0.2) is 18.1 Å². The highest BCUT2D eigenvalue weighted by molar-refractivity contribution is 6.07. The van der Waals surface area contributed by atoms with Crippen molar-refractivity contribution in [2.75, 3.05) is 17.7 Å². The molecule has 0 bridgehead atoms. The van der Waals surface area contributed by atoms with Gasteiger partial charge in [0, 0.05) is 18.8 Å². The maximum absolute atomic E-state index is 12.0. The highest BCUT2D eigenvalue weighted by Gasteiger charge is 2.11. The van der Waals surface area contributed by atoms with Crippen molar-refractivity contribution in [1.29, 1.82) is 0 Å². The normalized spacial score (nSPS) is 10.0. The fourth-order valence-corrected chi connectivity index (χ4v) is 1.51. The van der Waals surface area contributed by atoms with E-state index in [0.29, 0.717) is 17.1 Å². The van der Waals surface area contributed by atoms with E-state index in [-0.39, 0.29) is 5.91 Å². The van der Waals surface area contributed by atoms with E-state index >= 15 is 0 Å². The summed E-state index contributed by atoms with van der Waals surface area (Å²) in [5.74, 6) is 0.851. The summed E-state index contributed by atoms with van der Waals surface area (Å²) >= 11 is 0. The molecule has 2 rings (SSSR count). The van der Waals surface area contributed by atoms with Crippen LogP contribution >= 0.6 is 0 Å². The summed E-state index contributed by atoms with van der Waals surface area (Å²) < 4.78 is 4.88. The first kappa shape index (κ1) is 11.2. The lowest BCUT2D eigenvalue weighted by Gasteiger charge is -2.07. The highest BCUT2D eigenvalue weighted by atomic mass is 16.5. The molecule has 1 aromatic heterocycles. The van der Waals surface area contributed by atoms with Gasteiger partial charge in [0.2, 0.25) is 0 Å². The minimum absolute atomic E-state index is 0.219. The van der Waals surface area contributed by atoms with Crippen molar-refractivity contribution in [2.45, 2.75) is 6.92 Å².